The van der Waals surface area contributed by atoms with E-state index in [4.69, 9.17) is 4.74 Å². The molecule has 5 rings (SSSR count). The van der Waals surface area contributed by atoms with Gasteiger partial charge in [0, 0.05) is 31.5 Å². The second-order valence-electron chi connectivity index (χ2n) is 11.1. The minimum Gasteiger partial charge on any atom is -0.481 e. The third kappa shape index (κ3) is 4.40. The third-order valence-electron chi connectivity index (χ3n) is 7.89. The zero-order valence-corrected chi connectivity index (χ0v) is 20.4. The molecule has 2 aromatic carbocycles. The number of likely N-dealkylation sites (tertiary alicyclic amines) is 1. The van der Waals surface area contributed by atoms with E-state index in [0.717, 1.165) is 11.1 Å². The highest BCUT2D eigenvalue weighted by Gasteiger charge is 2.60. The Morgan fingerprint density at radius 2 is 1.54 bits per heavy atom. The van der Waals surface area contributed by atoms with Crippen molar-refractivity contribution in [2.75, 3.05) is 19.7 Å². The van der Waals surface area contributed by atoms with Gasteiger partial charge in [-0.3, -0.25) is 9.59 Å². The maximum Gasteiger partial charge on any atom is 0.407 e. The van der Waals surface area contributed by atoms with E-state index in [-0.39, 0.29) is 48.0 Å². The largest absolute Gasteiger partial charge is 0.481 e. The fourth-order valence-electron chi connectivity index (χ4n) is 5.76. The number of carbonyl (C=O) groups is 3. The van der Waals surface area contributed by atoms with Gasteiger partial charge in [0.1, 0.15) is 6.61 Å². The number of rotatable bonds is 6. The molecule has 1 saturated heterocycles. The van der Waals surface area contributed by atoms with Crippen molar-refractivity contribution in [2.45, 2.75) is 39.2 Å². The summed E-state index contributed by atoms with van der Waals surface area (Å²) >= 11 is 0. The Hall–Kier alpha value is -3.35. The van der Waals surface area contributed by atoms with Crippen LogP contribution in [0.4, 0.5) is 4.79 Å². The summed E-state index contributed by atoms with van der Waals surface area (Å²) in [4.78, 5) is 38.7. The van der Waals surface area contributed by atoms with Crippen molar-refractivity contribution in [3.05, 3.63) is 59.7 Å². The number of alkyl carbamates (subject to hydrolysis) is 1. The summed E-state index contributed by atoms with van der Waals surface area (Å²) in [7, 11) is 0. The molecular formula is C28H32N2O5. The molecule has 2 N–H and O–H groups in total. The molecule has 1 aliphatic heterocycles. The third-order valence-corrected chi connectivity index (χ3v) is 7.89. The number of carboxylic acid groups (broad SMARTS) is 1. The van der Waals surface area contributed by atoms with Gasteiger partial charge in [-0.25, -0.2) is 4.79 Å². The van der Waals surface area contributed by atoms with Gasteiger partial charge in [0.2, 0.25) is 5.91 Å². The van der Waals surface area contributed by atoms with Gasteiger partial charge >= 0.3 is 12.1 Å². The quantitative estimate of drug-likeness (QED) is 0.654. The highest BCUT2D eigenvalue weighted by molar-refractivity contribution is 5.81. The molecule has 184 valence electrons. The van der Waals surface area contributed by atoms with Crippen LogP contribution in [0, 0.1) is 23.2 Å². The van der Waals surface area contributed by atoms with Gasteiger partial charge in [-0.05, 0) is 39.5 Å². The first-order valence-corrected chi connectivity index (χ1v) is 12.3. The fraction of sp³-hybridized carbons (Fsp3) is 0.464. The molecule has 0 aromatic heterocycles. The lowest BCUT2D eigenvalue weighted by Crippen LogP contribution is -2.47. The van der Waals surface area contributed by atoms with Gasteiger partial charge in [0.25, 0.3) is 0 Å². The van der Waals surface area contributed by atoms with Gasteiger partial charge < -0.3 is 20.1 Å². The van der Waals surface area contributed by atoms with Crippen molar-refractivity contribution in [3.63, 3.8) is 0 Å². The maximum atomic E-state index is 13.0. The Morgan fingerprint density at radius 1 is 1.00 bits per heavy atom. The van der Waals surface area contributed by atoms with Crippen LogP contribution >= 0.6 is 0 Å². The predicted octanol–water partition coefficient (Wildman–Crippen LogP) is 4.12. The number of ether oxygens (including phenoxy) is 1. The fourth-order valence-corrected chi connectivity index (χ4v) is 5.76. The number of hydrogen-bond donors (Lipinski definition) is 2. The molecule has 0 bridgehead atoms. The molecule has 2 aliphatic carbocycles. The normalized spacial score (nSPS) is 23.2. The molecule has 7 nitrogen and oxygen atoms in total. The van der Waals surface area contributed by atoms with Crippen LogP contribution in [0.1, 0.15) is 44.2 Å². The van der Waals surface area contributed by atoms with Crippen molar-refractivity contribution in [2.24, 2.45) is 23.2 Å². The molecule has 0 radical (unpaired) electrons. The standard InChI is InChI=1S/C28H32N2O5/c1-28(2,3)23(12-24(31)30-13-20-21(14-30)25(20)26(32)33)29-27(34)35-15-22-18-10-6-4-8-16(18)17-9-5-7-11-19(17)22/h4-11,20-23,25H,12-15H2,1-3H3,(H,29,34)(H,32,33). The summed E-state index contributed by atoms with van der Waals surface area (Å²) < 4.78 is 5.70. The molecule has 35 heavy (non-hydrogen) atoms. The maximum absolute atomic E-state index is 13.0. The van der Waals surface area contributed by atoms with Crippen LogP contribution in [0.25, 0.3) is 11.1 Å². The van der Waals surface area contributed by atoms with Crippen molar-refractivity contribution in [1.29, 1.82) is 0 Å². The number of hydrogen-bond acceptors (Lipinski definition) is 4. The number of benzene rings is 2. The van der Waals surface area contributed by atoms with Crippen LogP contribution in [0.15, 0.2) is 48.5 Å². The first kappa shape index (κ1) is 23.4. The van der Waals surface area contributed by atoms with E-state index in [1.165, 1.54) is 11.1 Å². The Bertz CT molecular complexity index is 1110. The number of nitrogens with zero attached hydrogens (tertiary/aromatic N) is 1. The van der Waals surface area contributed by atoms with Crippen LogP contribution in [-0.2, 0) is 14.3 Å². The lowest BCUT2D eigenvalue weighted by Gasteiger charge is -2.32. The highest BCUT2D eigenvalue weighted by atomic mass is 16.5. The molecule has 1 saturated carbocycles. The SMILES string of the molecule is CC(C)(C)C(CC(=O)N1CC2C(C1)C2C(=O)O)NC(=O)OCC1c2ccccc2-c2ccccc21. The number of carboxylic acids is 1. The first-order chi connectivity index (χ1) is 16.6. The predicted molar refractivity (Wildman–Crippen MR) is 131 cm³/mol. The first-order valence-electron chi connectivity index (χ1n) is 12.3. The van der Waals surface area contributed by atoms with Gasteiger partial charge in [-0.1, -0.05) is 69.3 Å². The Kier molecular flexibility index (Phi) is 5.82. The van der Waals surface area contributed by atoms with E-state index in [1.54, 1.807) is 4.90 Å². The summed E-state index contributed by atoms with van der Waals surface area (Å²) in [6.45, 7) is 7.14. The Labute approximate surface area is 205 Å². The molecule has 2 aromatic rings. The summed E-state index contributed by atoms with van der Waals surface area (Å²) in [6, 6.07) is 16.0. The van der Waals surface area contributed by atoms with E-state index in [2.05, 4.69) is 29.6 Å². The summed E-state index contributed by atoms with van der Waals surface area (Å²) in [5.74, 6) is -1.02. The topological polar surface area (TPSA) is 95.9 Å². The van der Waals surface area contributed by atoms with Gasteiger partial charge in [-0.15, -0.1) is 0 Å². The second-order valence-corrected chi connectivity index (χ2v) is 11.1. The van der Waals surface area contributed by atoms with E-state index in [1.807, 2.05) is 45.0 Å². The molecule has 1 heterocycles. The van der Waals surface area contributed by atoms with Crippen molar-refractivity contribution < 1.29 is 24.2 Å². The smallest absolute Gasteiger partial charge is 0.407 e. The van der Waals surface area contributed by atoms with Crippen molar-refractivity contribution in [3.8, 4) is 11.1 Å². The summed E-state index contributed by atoms with van der Waals surface area (Å²) in [6.07, 6.45) is -0.375. The molecule has 2 fully saturated rings. The van der Waals surface area contributed by atoms with Gasteiger partial charge in [-0.2, -0.15) is 0 Å². The van der Waals surface area contributed by atoms with Crippen LogP contribution in [-0.4, -0.2) is 53.7 Å². The number of amides is 2. The lowest BCUT2D eigenvalue weighted by atomic mass is 9.84. The van der Waals surface area contributed by atoms with E-state index >= 15 is 0 Å². The minimum atomic E-state index is -0.767. The van der Waals surface area contributed by atoms with Crippen LogP contribution < -0.4 is 5.32 Å². The minimum absolute atomic E-state index is 0.0265. The number of nitrogens with one attached hydrogen (secondary N) is 1. The van der Waals surface area contributed by atoms with E-state index in [0.29, 0.717) is 13.1 Å². The van der Waals surface area contributed by atoms with Crippen LogP contribution in [0.3, 0.4) is 0 Å². The zero-order chi connectivity index (χ0) is 24.9. The zero-order valence-electron chi connectivity index (χ0n) is 20.4. The van der Waals surface area contributed by atoms with Crippen molar-refractivity contribution >= 4 is 18.0 Å². The van der Waals surface area contributed by atoms with Gasteiger partial charge in [0.05, 0.1) is 5.92 Å². The lowest BCUT2D eigenvalue weighted by molar-refractivity contribution is -0.141. The average molecular weight is 477 g/mol. The number of fused-ring (bicyclic) bond motifs is 4. The number of piperidine rings is 1. The van der Waals surface area contributed by atoms with E-state index in [9.17, 15) is 19.5 Å². The molecule has 3 unspecified atom stereocenters. The van der Waals surface area contributed by atoms with Crippen LogP contribution in [0.2, 0.25) is 0 Å². The Morgan fingerprint density at radius 3 is 2.06 bits per heavy atom. The van der Waals surface area contributed by atoms with Crippen LogP contribution in [0.5, 0.6) is 0 Å². The molecular weight excluding hydrogens is 444 g/mol. The summed E-state index contributed by atoms with van der Waals surface area (Å²) in [5, 5.41) is 12.1. The summed E-state index contributed by atoms with van der Waals surface area (Å²) in [5.41, 5.74) is 4.29. The van der Waals surface area contributed by atoms with Gasteiger partial charge in [0.15, 0.2) is 0 Å². The molecule has 3 atom stereocenters. The molecule has 3 aliphatic rings. The highest BCUT2D eigenvalue weighted by Crippen LogP contribution is 2.52. The van der Waals surface area contributed by atoms with Crippen molar-refractivity contribution in [1.82, 2.24) is 10.2 Å². The van der Waals surface area contributed by atoms with E-state index < -0.39 is 18.1 Å². The molecule has 2 amide bonds. The number of aliphatic carboxylic acids is 1. The number of carbonyl (C=O) groups excluding carboxylic acids is 2. The second kappa shape index (κ2) is 8.70. The average Bonchev–Trinajstić information content (AvgIpc) is 3.17. The molecule has 7 heteroatoms. The Balaban J connectivity index is 1.20. The molecule has 0 spiro atoms. The monoisotopic (exact) mass is 476 g/mol.